The van der Waals surface area contributed by atoms with Crippen LogP contribution in [-0.4, -0.2) is 53.0 Å². The quantitative estimate of drug-likeness (QED) is 0.813. The van der Waals surface area contributed by atoms with Crippen LogP contribution in [0.1, 0.15) is 48.0 Å². The average Bonchev–Trinajstić information content (AvgIpc) is 2.24. The van der Waals surface area contributed by atoms with Crippen LogP contribution >= 0.6 is 0 Å². The van der Waals surface area contributed by atoms with Crippen molar-refractivity contribution in [1.29, 1.82) is 0 Å². The Kier molecular flexibility index (Phi) is 6.47. The summed E-state index contributed by atoms with van der Waals surface area (Å²) in [6, 6.07) is -0.323. The standard InChI is InChI=1S/C14H27NO5/c1-8-14(9-19-7,11(16)17)15(10(2)3)12(18)20-13(4,5)6/h10H,8-9H2,1-7H3,(H,16,17). The number of hydrogen-bond donors (Lipinski definition) is 1. The Balaban J connectivity index is 5.61. The number of hydrogen-bond acceptors (Lipinski definition) is 4. The van der Waals surface area contributed by atoms with E-state index in [0.717, 1.165) is 0 Å². The lowest BCUT2D eigenvalue weighted by atomic mass is 9.93. The van der Waals surface area contributed by atoms with Gasteiger partial charge in [0.25, 0.3) is 0 Å². The van der Waals surface area contributed by atoms with E-state index in [-0.39, 0.29) is 19.1 Å². The molecule has 0 aliphatic carbocycles. The number of methoxy groups -OCH3 is 1. The second kappa shape index (κ2) is 6.92. The van der Waals surface area contributed by atoms with Crippen molar-refractivity contribution >= 4 is 12.1 Å². The first-order valence-electron chi connectivity index (χ1n) is 6.76. The molecule has 0 heterocycles. The van der Waals surface area contributed by atoms with Gasteiger partial charge in [-0.2, -0.15) is 0 Å². The number of nitrogens with zero attached hydrogens (tertiary/aromatic N) is 1. The molecule has 0 fully saturated rings. The van der Waals surface area contributed by atoms with E-state index in [0.29, 0.717) is 0 Å². The van der Waals surface area contributed by atoms with Gasteiger partial charge in [0.2, 0.25) is 0 Å². The smallest absolute Gasteiger partial charge is 0.411 e. The third-order valence-electron chi connectivity index (χ3n) is 2.93. The fourth-order valence-corrected chi connectivity index (χ4v) is 2.09. The highest BCUT2D eigenvalue weighted by Gasteiger charge is 2.48. The van der Waals surface area contributed by atoms with Gasteiger partial charge in [-0.05, 0) is 41.0 Å². The predicted molar refractivity (Wildman–Crippen MR) is 75.7 cm³/mol. The first-order valence-corrected chi connectivity index (χ1v) is 6.76. The van der Waals surface area contributed by atoms with Crippen molar-refractivity contribution in [2.24, 2.45) is 0 Å². The van der Waals surface area contributed by atoms with Crippen LogP contribution in [0.2, 0.25) is 0 Å². The summed E-state index contributed by atoms with van der Waals surface area (Å²) in [7, 11) is 1.42. The van der Waals surface area contributed by atoms with Crippen LogP contribution in [0.15, 0.2) is 0 Å². The Labute approximate surface area is 121 Å². The lowest BCUT2D eigenvalue weighted by Gasteiger charge is -2.42. The minimum Gasteiger partial charge on any atom is -0.479 e. The molecule has 0 rings (SSSR count). The van der Waals surface area contributed by atoms with Crippen LogP contribution in [0.4, 0.5) is 4.79 Å². The molecule has 1 amide bonds. The van der Waals surface area contributed by atoms with E-state index in [2.05, 4.69) is 0 Å². The zero-order valence-corrected chi connectivity index (χ0v) is 13.5. The zero-order chi connectivity index (χ0) is 16.1. The molecule has 0 aromatic carbocycles. The molecular formula is C14H27NO5. The fraction of sp³-hybridized carbons (Fsp3) is 0.857. The molecule has 1 atom stereocenters. The van der Waals surface area contributed by atoms with Gasteiger partial charge in [0, 0.05) is 13.2 Å². The molecule has 1 N–H and O–H groups in total. The molecule has 0 bridgehead atoms. The van der Waals surface area contributed by atoms with Crippen molar-refractivity contribution in [2.45, 2.75) is 65.1 Å². The normalized spacial score (nSPS) is 14.8. The topological polar surface area (TPSA) is 76.1 Å². The minimum atomic E-state index is -1.43. The van der Waals surface area contributed by atoms with E-state index >= 15 is 0 Å². The Morgan fingerprint density at radius 2 is 1.75 bits per heavy atom. The van der Waals surface area contributed by atoms with Gasteiger partial charge in [-0.25, -0.2) is 9.59 Å². The SMILES string of the molecule is CCC(COC)(C(=O)O)N(C(=O)OC(C)(C)C)C(C)C. The van der Waals surface area contributed by atoms with Crippen molar-refractivity contribution in [3.05, 3.63) is 0 Å². The highest BCUT2D eigenvalue weighted by atomic mass is 16.6. The molecule has 0 aromatic heterocycles. The molecule has 20 heavy (non-hydrogen) atoms. The van der Waals surface area contributed by atoms with Crippen molar-refractivity contribution in [3.63, 3.8) is 0 Å². The molecule has 118 valence electrons. The number of carboxylic acids is 1. The van der Waals surface area contributed by atoms with Gasteiger partial charge < -0.3 is 14.6 Å². The van der Waals surface area contributed by atoms with E-state index in [9.17, 15) is 14.7 Å². The third-order valence-corrected chi connectivity index (χ3v) is 2.93. The predicted octanol–water partition coefficient (Wildman–Crippen LogP) is 2.51. The summed E-state index contributed by atoms with van der Waals surface area (Å²) in [6.07, 6.45) is -0.415. The molecule has 0 radical (unpaired) electrons. The number of amides is 1. The van der Waals surface area contributed by atoms with E-state index < -0.39 is 23.2 Å². The number of ether oxygens (including phenoxy) is 2. The number of carbonyl (C=O) groups excluding carboxylic acids is 1. The Morgan fingerprint density at radius 3 is 2.00 bits per heavy atom. The summed E-state index contributed by atoms with van der Waals surface area (Å²) in [5.74, 6) is -1.10. The summed E-state index contributed by atoms with van der Waals surface area (Å²) in [5.41, 5.74) is -2.11. The average molecular weight is 289 g/mol. The van der Waals surface area contributed by atoms with Crippen molar-refractivity contribution in [2.75, 3.05) is 13.7 Å². The molecule has 0 aliphatic heterocycles. The van der Waals surface area contributed by atoms with E-state index in [1.165, 1.54) is 12.0 Å². The highest BCUT2D eigenvalue weighted by molar-refractivity contribution is 5.85. The maximum absolute atomic E-state index is 12.4. The van der Waals surface area contributed by atoms with Gasteiger partial charge in [-0.1, -0.05) is 6.92 Å². The number of carboxylic acid groups (broad SMARTS) is 1. The largest absolute Gasteiger partial charge is 0.479 e. The van der Waals surface area contributed by atoms with Crippen LogP contribution < -0.4 is 0 Å². The molecular weight excluding hydrogens is 262 g/mol. The van der Waals surface area contributed by atoms with Crippen molar-refractivity contribution in [3.8, 4) is 0 Å². The Morgan fingerprint density at radius 1 is 1.25 bits per heavy atom. The summed E-state index contributed by atoms with van der Waals surface area (Å²) in [4.78, 5) is 25.4. The van der Waals surface area contributed by atoms with E-state index in [1.54, 1.807) is 41.5 Å². The van der Waals surface area contributed by atoms with Crippen molar-refractivity contribution in [1.82, 2.24) is 4.90 Å². The first-order chi connectivity index (χ1) is 9.01. The molecule has 0 spiro atoms. The lowest BCUT2D eigenvalue weighted by Crippen LogP contribution is -2.62. The van der Waals surface area contributed by atoms with Crippen LogP contribution in [0.25, 0.3) is 0 Å². The van der Waals surface area contributed by atoms with Gasteiger partial charge in [-0.3, -0.25) is 4.90 Å². The van der Waals surface area contributed by atoms with Crippen LogP contribution in [-0.2, 0) is 14.3 Å². The lowest BCUT2D eigenvalue weighted by molar-refractivity contribution is -0.157. The monoisotopic (exact) mass is 289 g/mol. The molecule has 0 saturated carbocycles. The van der Waals surface area contributed by atoms with Crippen LogP contribution in [0.3, 0.4) is 0 Å². The minimum absolute atomic E-state index is 0.0870. The number of rotatable bonds is 6. The first kappa shape index (κ1) is 18.7. The number of aliphatic carboxylic acids is 1. The molecule has 0 saturated heterocycles. The second-order valence-corrected chi connectivity index (χ2v) is 6.07. The maximum Gasteiger partial charge on any atom is 0.411 e. The molecule has 6 heteroatoms. The van der Waals surface area contributed by atoms with E-state index in [4.69, 9.17) is 9.47 Å². The Bertz CT molecular complexity index is 348. The van der Waals surface area contributed by atoms with Gasteiger partial charge in [0.05, 0.1) is 6.61 Å². The highest BCUT2D eigenvalue weighted by Crippen LogP contribution is 2.26. The van der Waals surface area contributed by atoms with Gasteiger partial charge in [0.1, 0.15) is 5.60 Å². The third kappa shape index (κ3) is 4.37. The Hall–Kier alpha value is -1.30. The van der Waals surface area contributed by atoms with Gasteiger partial charge in [-0.15, -0.1) is 0 Å². The fourth-order valence-electron chi connectivity index (χ4n) is 2.09. The van der Waals surface area contributed by atoms with Crippen LogP contribution in [0.5, 0.6) is 0 Å². The summed E-state index contributed by atoms with van der Waals surface area (Å²) in [5, 5.41) is 9.59. The maximum atomic E-state index is 12.4. The summed E-state index contributed by atoms with van der Waals surface area (Å²) < 4.78 is 10.4. The van der Waals surface area contributed by atoms with Gasteiger partial charge >= 0.3 is 12.1 Å². The van der Waals surface area contributed by atoms with Crippen molar-refractivity contribution < 1.29 is 24.2 Å². The molecule has 0 aliphatic rings. The molecule has 0 aromatic rings. The zero-order valence-electron chi connectivity index (χ0n) is 13.5. The second-order valence-electron chi connectivity index (χ2n) is 6.07. The molecule has 6 nitrogen and oxygen atoms in total. The van der Waals surface area contributed by atoms with Gasteiger partial charge in [0.15, 0.2) is 5.54 Å². The summed E-state index contributed by atoms with van der Waals surface area (Å²) in [6.45, 7) is 10.4. The van der Waals surface area contributed by atoms with Crippen LogP contribution in [0, 0.1) is 0 Å². The molecule has 1 unspecified atom stereocenters. The summed E-state index contributed by atoms with van der Waals surface area (Å²) >= 11 is 0. The van der Waals surface area contributed by atoms with E-state index in [1.807, 2.05) is 0 Å². The number of carbonyl (C=O) groups is 2.